The molecule has 172 valence electrons. The Labute approximate surface area is 195 Å². The number of carboxylic acids is 1. The first kappa shape index (κ1) is 20.8. The maximum atomic E-state index is 13.2. The number of ether oxygens (including phenoxy) is 1. The Kier molecular flexibility index (Phi) is 4.47. The van der Waals surface area contributed by atoms with Crippen molar-refractivity contribution in [3.05, 3.63) is 38.3 Å². The molecular formula is C22H20N2O7S2. The molecule has 2 saturated carbocycles. The molecule has 3 heterocycles. The zero-order valence-corrected chi connectivity index (χ0v) is 19.0. The number of thioether (sulfide) groups is 1. The van der Waals surface area contributed by atoms with Crippen molar-refractivity contribution in [3.8, 4) is 11.5 Å². The topological polar surface area (TPSA) is 137 Å². The maximum Gasteiger partial charge on any atom is 0.323 e. The van der Waals surface area contributed by atoms with Crippen LogP contribution in [0.2, 0.25) is 0 Å². The number of methoxy groups -OCH3 is 1. The fraction of sp³-hybridized carbons (Fsp3) is 0.455. The molecule has 2 amide bonds. The summed E-state index contributed by atoms with van der Waals surface area (Å²) in [6.07, 6.45) is 0.723. The van der Waals surface area contributed by atoms with Gasteiger partial charge in [-0.1, -0.05) is 17.4 Å². The summed E-state index contributed by atoms with van der Waals surface area (Å²) in [7, 11) is 1.47. The number of nitrogens with zero attached hydrogens (tertiary/aromatic N) is 1. The van der Waals surface area contributed by atoms with E-state index in [2.05, 4.69) is 4.98 Å². The molecular weight excluding hydrogens is 468 g/mol. The highest BCUT2D eigenvalue weighted by Gasteiger charge is 2.69. The van der Waals surface area contributed by atoms with Gasteiger partial charge < -0.3 is 19.9 Å². The van der Waals surface area contributed by atoms with Gasteiger partial charge >= 0.3 is 10.8 Å². The number of aromatic hydroxyl groups is 1. The molecule has 1 aromatic heterocycles. The van der Waals surface area contributed by atoms with Gasteiger partial charge in [-0.05, 0) is 41.9 Å². The number of phenolic OH excluding ortho intramolecular Hbond substituents is 1. The summed E-state index contributed by atoms with van der Waals surface area (Å²) in [6, 6.07) is 5.14. The number of thiazole rings is 1. The van der Waals surface area contributed by atoms with Crippen LogP contribution in [0.1, 0.15) is 22.8 Å². The first-order valence-corrected chi connectivity index (χ1v) is 12.3. The molecule has 6 rings (SSSR count). The summed E-state index contributed by atoms with van der Waals surface area (Å²) < 4.78 is 5.31. The third-order valence-electron chi connectivity index (χ3n) is 7.67. The van der Waals surface area contributed by atoms with Gasteiger partial charge in [-0.3, -0.25) is 24.1 Å². The number of likely N-dealkylation sites (tertiary alicyclic amines) is 1. The Morgan fingerprint density at radius 3 is 2.64 bits per heavy atom. The second-order valence-corrected chi connectivity index (χ2v) is 11.3. The van der Waals surface area contributed by atoms with Crippen LogP contribution in [-0.4, -0.2) is 56.8 Å². The Morgan fingerprint density at radius 1 is 1.21 bits per heavy atom. The number of carboxylic acid groups (broad SMARTS) is 1. The highest BCUT2D eigenvalue weighted by Crippen LogP contribution is 2.68. The number of phenols is 1. The molecule has 1 saturated heterocycles. The van der Waals surface area contributed by atoms with Gasteiger partial charge in [-0.25, -0.2) is 0 Å². The molecule has 3 N–H and O–H groups in total. The predicted molar refractivity (Wildman–Crippen MR) is 118 cm³/mol. The summed E-state index contributed by atoms with van der Waals surface area (Å²) in [4.78, 5) is 54.3. The molecule has 0 spiro atoms. The molecule has 7 atom stereocenters. The van der Waals surface area contributed by atoms with Crippen LogP contribution in [0.4, 0.5) is 0 Å². The number of nitrogens with one attached hydrogen (secondary N) is 1. The third kappa shape index (κ3) is 2.78. The van der Waals surface area contributed by atoms with Crippen molar-refractivity contribution in [3.63, 3.8) is 0 Å². The maximum absolute atomic E-state index is 13.2. The first-order chi connectivity index (χ1) is 15.8. The Hall–Kier alpha value is -2.79. The lowest BCUT2D eigenvalue weighted by Gasteiger charge is -2.43. The summed E-state index contributed by atoms with van der Waals surface area (Å²) in [6.45, 7) is -0.605. The molecule has 2 aliphatic heterocycles. The van der Waals surface area contributed by atoms with Gasteiger partial charge in [-0.2, -0.15) is 0 Å². The Morgan fingerprint density at radius 2 is 1.94 bits per heavy atom. The van der Waals surface area contributed by atoms with E-state index in [4.69, 9.17) is 4.74 Å². The average Bonchev–Trinajstić information content (AvgIpc) is 3.49. The van der Waals surface area contributed by atoms with Gasteiger partial charge in [0.15, 0.2) is 11.5 Å². The minimum Gasteiger partial charge on any atom is -0.504 e. The summed E-state index contributed by atoms with van der Waals surface area (Å²) in [5, 5.41) is 20.1. The monoisotopic (exact) mass is 488 g/mol. The zero-order chi connectivity index (χ0) is 23.2. The number of benzene rings is 1. The van der Waals surface area contributed by atoms with Crippen molar-refractivity contribution in [2.45, 2.75) is 22.6 Å². The highest BCUT2D eigenvalue weighted by molar-refractivity contribution is 8.00. The second-order valence-electron chi connectivity index (χ2n) is 9.05. The minimum absolute atomic E-state index is 0.00372. The number of aliphatic carboxylic acids is 1. The second kappa shape index (κ2) is 7.10. The number of rotatable bonds is 4. The molecule has 0 unspecified atom stereocenters. The standard InChI is InChI=1S/C22H20N2O7S2/c1-31-11-4-7(2-3-10(11)25)13-14-8-5-9(17(14)32-19-18(13)33-22(30)23-19)16-15(8)20(28)24(21(16)29)6-12(26)27/h2-4,8-9,13-17,25H,5-6H2,1H3,(H,23,30)(H,26,27)/t8-,9+,13-,14+,15+,16+,17+/m0/s1. The number of imide groups is 1. The van der Waals surface area contributed by atoms with E-state index >= 15 is 0 Å². The number of aromatic nitrogens is 1. The number of aromatic amines is 1. The van der Waals surface area contributed by atoms with Gasteiger partial charge in [0.2, 0.25) is 11.8 Å². The van der Waals surface area contributed by atoms with Gasteiger partial charge in [0, 0.05) is 16.0 Å². The molecule has 2 bridgehead atoms. The van der Waals surface area contributed by atoms with Gasteiger partial charge in [0.1, 0.15) is 6.54 Å². The van der Waals surface area contributed by atoms with Crippen LogP contribution in [-0.2, 0) is 14.4 Å². The number of hydrogen-bond donors (Lipinski definition) is 3. The van der Waals surface area contributed by atoms with Crippen LogP contribution in [0, 0.1) is 29.6 Å². The van der Waals surface area contributed by atoms with Crippen molar-refractivity contribution in [2.75, 3.05) is 13.7 Å². The fourth-order valence-corrected chi connectivity index (χ4v) is 9.52. The van der Waals surface area contributed by atoms with Crippen LogP contribution in [0.3, 0.4) is 0 Å². The van der Waals surface area contributed by atoms with Gasteiger partial charge in [0.25, 0.3) is 0 Å². The normalized spacial score (nSPS) is 33.7. The predicted octanol–water partition coefficient (Wildman–Crippen LogP) is 1.71. The fourth-order valence-electron chi connectivity index (χ4n) is 6.63. The Balaban J connectivity index is 1.46. The molecule has 3 fully saturated rings. The van der Waals surface area contributed by atoms with E-state index in [1.54, 1.807) is 23.9 Å². The van der Waals surface area contributed by atoms with E-state index in [0.29, 0.717) is 5.75 Å². The molecule has 4 aliphatic rings. The SMILES string of the molecule is COc1cc([C@@H]2c3sc(=O)[nH]c3S[C@@H]3[C@@H]4C[C@H]([C@H]5C(=O)N(CC(=O)O)C(=O)[C@H]45)[C@H]23)ccc1O. The van der Waals surface area contributed by atoms with E-state index in [-0.39, 0.29) is 45.5 Å². The number of hydrogen-bond acceptors (Lipinski definition) is 8. The van der Waals surface area contributed by atoms with Crippen LogP contribution >= 0.6 is 23.1 Å². The average molecular weight is 489 g/mol. The van der Waals surface area contributed by atoms with E-state index < -0.39 is 30.3 Å². The molecule has 9 nitrogen and oxygen atoms in total. The van der Waals surface area contributed by atoms with Crippen molar-refractivity contribution < 1.29 is 29.3 Å². The lowest BCUT2D eigenvalue weighted by molar-refractivity contribution is -0.149. The number of H-pyrrole nitrogens is 1. The van der Waals surface area contributed by atoms with E-state index in [9.17, 15) is 29.4 Å². The van der Waals surface area contributed by atoms with Crippen LogP contribution in [0.5, 0.6) is 11.5 Å². The van der Waals surface area contributed by atoms with E-state index in [1.165, 1.54) is 7.11 Å². The number of carbonyl (C=O) groups is 3. The quantitative estimate of drug-likeness (QED) is 0.553. The molecule has 1 aromatic carbocycles. The zero-order valence-electron chi connectivity index (χ0n) is 17.4. The van der Waals surface area contributed by atoms with Crippen molar-refractivity contribution in [2.24, 2.45) is 29.6 Å². The first-order valence-electron chi connectivity index (χ1n) is 10.6. The lowest BCUT2D eigenvalue weighted by Crippen LogP contribution is -2.42. The molecule has 11 heteroatoms. The molecule has 2 aromatic rings. The molecule has 0 radical (unpaired) electrons. The largest absolute Gasteiger partial charge is 0.504 e. The number of carbonyl (C=O) groups excluding carboxylic acids is 2. The Bertz CT molecular complexity index is 1270. The van der Waals surface area contributed by atoms with Crippen molar-refractivity contribution in [1.29, 1.82) is 0 Å². The van der Waals surface area contributed by atoms with Crippen LogP contribution in [0.15, 0.2) is 28.0 Å². The van der Waals surface area contributed by atoms with Gasteiger partial charge in [-0.15, -0.1) is 11.8 Å². The van der Waals surface area contributed by atoms with E-state index in [1.807, 2.05) is 6.07 Å². The summed E-state index contributed by atoms with van der Waals surface area (Å²) in [5.74, 6) is -3.03. The van der Waals surface area contributed by atoms with E-state index in [0.717, 1.165) is 38.1 Å². The summed E-state index contributed by atoms with van der Waals surface area (Å²) >= 11 is 2.71. The minimum atomic E-state index is -1.20. The van der Waals surface area contributed by atoms with Crippen LogP contribution in [0.25, 0.3) is 0 Å². The highest BCUT2D eigenvalue weighted by atomic mass is 32.2. The smallest absolute Gasteiger partial charge is 0.323 e. The molecule has 2 aliphatic carbocycles. The van der Waals surface area contributed by atoms with Crippen molar-refractivity contribution >= 4 is 40.9 Å². The van der Waals surface area contributed by atoms with Crippen molar-refractivity contribution in [1.82, 2.24) is 9.88 Å². The summed E-state index contributed by atoms with van der Waals surface area (Å²) in [5.41, 5.74) is 0.875. The number of fused-ring (bicyclic) bond motifs is 9. The van der Waals surface area contributed by atoms with Crippen LogP contribution < -0.4 is 9.61 Å². The number of amides is 2. The molecule has 33 heavy (non-hydrogen) atoms. The van der Waals surface area contributed by atoms with Gasteiger partial charge in [0.05, 0.1) is 24.0 Å². The third-order valence-corrected chi connectivity index (χ3v) is 10.3. The lowest BCUT2D eigenvalue weighted by atomic mass is 9.68.